The van der Waals surface area contributed by atoms with Gasteiger partial charge in [-0.3, -0.25) is 0 Å². The highest BCUT2D eigenvalue weighted by Gasteiger charge is 2.30. The number of rotatable bonds is 17. The summed E-state index contributed by atoms with van der Waals surface area (Å²) in [4.78, 5) is 0. The van der Waals surface area contributed by atoms with Crippen molar-refractivity contribution in [3.05, 3.63) is 76.1 Å². The number of unbranched alkanes of at least 4 members (excludes halogenated alkanes) is 9. The Morgan fingerprint density at radius 2 is 1.32 bits per heavy atom. The molecule has 0 saturated heterocycles. The number of fused-ring (bicyclic) bond motifs is 2. The SMILES string of the molecule is CCCCCCCCCCCCP(C)c1cc2ccccc2cc1C1=PC(CCC)=C2C(CCC)=CC=C12. The van der Waals surface area contributed by atoms with E-state index in [1.54, 1.807) is 32.6 Å². The minimum Gasteiger partial charge on any atom is -0.0778 e. The molecule has 0 amide bonds. The summed E-state index contributed by atoms with van der Waals surface area (Å²) in [5, 5.41) is 7.69. The van der Waals surface area contributed by atoms with Crippen molar-refractivity contribution in [3.8, 4) is 0 Å². The molecule has 0 saturated carbocycles. The van der Waals surface area contributed by atoms with Crippen LogP contribution < -0.4 is 5.30 Å². The predicted molar refractivity (Wildman–Crippen MR) is 177 cm³/mol. The number of hydrogen-bond acceptors (Lipinski definition) is 0. The molecule has 2 heteroatoms. The topological polar surface area (TPSA) is 0 Å². The average molecular weight is 545 g/mol. The van der Waals surface area contributed by atoms with Crippen LogP contribution in [0.25, 0.3) is 10.8 Å². The maximum atomic E-state index is 2.56. The molecule has 0 N–H and O–H groups in total. The van der Waals surface area contributed by atoms with Gasteiger partial charge in [0.15, 0.2) is 0 Å². The Bertz CT molecular complexity index is 1190. The van der Waals surface area contributed by atoms with Crippen molar-refractivity contribution in [2.75, 3.05) is 12.8 Å². The molecule has 1 unspecified atom stereocenters. The standard InChI is InChI=1S/C36H50P2/c1-5-8-9-10-11-12-13-14-15-18-25-38(4)34-27-30-22-17-16-21-29(30)26-32(34)36-31-24-23-28(19-6-2)35(31)33(37-36)20-7-3/h16-17,21-24,26-27H,5-15,18-20,25H2,1-4H3. The number of benzene rings is 2. The summed E-state index contributed by atoms with van der Waals surface area (Å²) in [6.07, 6.45) is 25.3. The molecular weight excluding hydrogens is 494 g/mol. The van der Waals surface area contributed by atoms with Crippen molar-refractivity contribution in [1.82, 2.24) is 0 Å². The summed E-state index contributed by atoms with van der Waals surface area (Å²) < 4.78 is 0. The van der Waals surface area contributed by atoms with E-state index in [1.165, 1.54) is 121 Å². The molecule has 0 fully saturated rings. The van der Waals surface area contributed by atoms with Crippen molar-refractivity contribution >= 4 is 37.5 Å². The molecule has 0 spiro atoms. The Balaban J connectivity index is 1.47. The Kier molecular flexibility index (Phi) is 11.9. The molecule has 2 aromatic rings. The second-order valence-electron chi connectivity index (χ2n) is 11.4. The van der Waals surface area contributed by atoms with E-state index >= 15 is 0 Å². The second-order valence-corrected chi connectivity index (χ2v) is 14.9. The van der Waals surface area contributed by atoms with E-state index in [4.69, 9.17) is 0 Å². The van der Waals surface area contributed by atoms with E-state index in [2.05, 4.69) is 76.0 Å². The van der Waals surface area contributed by atoms with E-state index in [0.717, 1.165) is 0 Å². The zero-order valence-corrected chi connectivity index (χ0v) is 26.4. The molecule has 204 valence electrons. The summed E-state index contributed by atoms with van der Waals surface area (Å²) >= 11 is 0. The third-order valence-electron chi connectivity index (χ3n) is 8.22. The van der Waals surface area contributed by atoms with Crippen molar-refractivity contribution in [2.45, 2.75) is 111 Å². The van der Waals surface area contributed by atoms with Gasteiger partial charge < -0.3 is 0 Å². The fraction of sp³-hybridized carbons (Fsp3) is 0.528. The summed E-state index contributed by atoms with van der Waals surface area (Å²) in [5.74, 6) is 0. The van der Waals surface area contributed by atoms with Crippen LogP contribution in [0, 0.1) is 0 Å². The van der Waals surface area contributed by atoms with Crippen molar-refractivity contribution < 1.29 is 0 Å². The van der Waals surface area contributed by atoms with Crippen LogP contribution in [0.4, 0.5) is 0 Å². The van der Waals surface area contributed by atoms with Gasteiger partial charge in [0.1, 0.15) is 0 Å². The van der Waals surface area contributed by atoms with Crippen LogP contribution in [-0.4, -0.2) is 18.1 Å². The molecule has 1 atom stereocenters. The van der Waals surface area contributed by atoms with E-state index in [-0.39, 0.29) is 7.92 Å². The molecule has 0 bridgehead atoms. The van der Waals surface area contributed by atoms with Gasteiger partial charge >= 0.3 is 0 Å². The highest BCUT2D eigenvalue weighted by atomic mass is 31.1. The minimum absolute atomic E-state index is 0.166. The molecule has 1 heterocycles. The monoisotopic (exact) mass is 544 g/mol. The van der Waals surface area contributed by atoms with Gasteiger partial charge in [0, 0.05) is 5.29 Å². The molecule has 1 aliphatic carbocycles. The van der Waals surface area contributed by atoms with Gasteiger partial charge in [0.05, 0.1) is 0 Å². The minimum atomic E-state index is -0.166. The molecular formula is C36H50P2. The molecule has 0 aromatic heterocycles. The Morgan fingerprint density at radius 1 is 0.684 bits per heavy atom. The molecule has 4 rings (SSSR count). The molecule has 2 aliphatic rings. The molecule has 1 aliphatic heterocycles. The average Bonchev–Trinajstić information content (AvgIpc) is 3.50. The van der Waals surface area contributed by atoms with Gasteiger partial charge in [0.25, 0.3) is 0 Å². The van der Waals surface area contributed by atoms with Crippen molar-refractivity contribution in [3.63, 3.8) is 0 Å². The first-order chi connectivity index (χ1) is 18.7. The molecule has 2 aromatic carbocycles. The molecule has 38 heavy (non-hydrogen) atoms. The van der Waals surface area contributed by atoms with Crippen LogP contribution in [-0.2, 0) is 0 Å². The Hall–Kier alpha value is -1.48. The van der Waals surface area contributed by atoms with Gasteiger partial charge in [-0.25, -0.2) is 0 Å². The fourth-order valence-electron chi connectivity index (χ4n) is 6.10. The zero-order chi connectivity index (χ0) is 26.7. The Morgan fingerprint density at radius 3 is 1.97 bits per heavy atom. The lowest BCUT2D eigenvalue weighted by Gasteiger charge is -2.20. The van der Waals surface area contributed by atoms with Gasteiger partial charge in [-0.1, -0.05) is 144 Å². The van der Waals surface area contributed by atoms with Crippen LogP contribution in [0.5, 0.6) is 0 Å². The van der Waals surface area contributed by atoms with Gasteiger partial charge in [0.2, 0.25) is 0 Å². The second kappa shape index (κ2) is 15.3. The van der Waals surface area contributed by atoms with Crippen LogP contribution in [0.3, 0.4) is 0 Å². The van der Waals surface area contributed by atoms with Gasteiger partial charge in [-0.2, -0.15) is 0 Å². The number of hydrogen-bond donors (Lipinski definition) is 0. The maximum Gasteiger partial charge on any atom is 0.0178 e. The largest absolute Gasteiger partial charge is 0.0778 e. The van der Waals surface area contributed by atoms with Crippen LogP contribution in [0.1, 0.15) is 116 Å². The maximum absolute atomic E-state index is 2.56. The van der Waals surface area contributed by atoms with E-state index < -0.39 is 0 Å². The fourth-order valence-corrected chi connectivity index (χ4v) is 9.67. The normalized spacial score (nSPS) is 16.1. The summed E-state index contributed by atoms with van der Waals surface area (Å²) in [7, 11) is 1.30. The van der Waals surface area contributed by atoms with E-state index in [0.29, 0.717) is 0 Å². The summed E-state index contributed by atoms with van der Waals surface area (Å²) in [6, 6.07) is 14.1. The first-order valence-electron chi connectivity index (χ1n) is 15.7. The lowest BCUT2D eigenvalue weighted by atomic mass is 9.93. The van der Waals surface area contributed by atoms with Crippen molar-refractivity contribution in [2.24, 2.45) is 0 Å². The van der Waals surface area contributed by atoms with Crippen LogP contribution in [0.2, 0.25) is 0 Å². The predicted octanol–water partition coefficient (Wildman–Crippen LogP) is 11.7. The van der Waals surface area contributed by atoms with Gasteiger partial charge in [-0.05, 0) is 87.9 Å². The van der Waals surface area contributed by atoms with E-state index in [1.807, 2.05) is 0 Å². The molecule has 0 nitrogen and oxygen atoms in total. The highest BCUT2D eigenvalue weighted by molar-refractivity contribution is 7.65. The number of allylic oxidation sites excluding steroid dienone is 6. The highest BCUT2D eigenvalue weighted by Crippen LogP contribution is 2.48. The van der Waals surface area contributed by atoms with Crippen molar-refractivity contribution in [1.29, 1.82) is 0 Å². The quantitative estimate of drug-likeness (QED) is 0.137. The van der Waals surface area contributed by atoms with Crippen LogP contribution in [0.15, 0.2) is 70.6 Å². The summed E-state index contributed by atoms with van der Waals surface area (Å²) in [6.45, 7) is 9.51. The first-order valence-corrected chi connectivity index (χ1v) is 18.5. The third kappa shape index (κ3) is 7.38. The molecule has 0 radical (unpaired) electrons. The zero-order valence-electron chi connectivity index (χ0n) is 24.6. The first kappa shape index (κ1) is 29.5. The lowest BCUT2D eigenvalue weighted by Crippen LogP contribution is -2.16. The third-order valence-corrected chi connectivity index (χ3v) is 11.8. The smallest absolute Gasteiger partial charge is 0.0178 e. The van der Waals surface area contributed by atoms with Crippen LogP contribution >= 0.6 is 16.1 Å². The lowest BCUT2D eigenvalue weighted by molar-refractivity contribution is 0.563. The Labute approximate surface area is 236 Å². The summed E-state index contributed by atoms with van der Waals surface area (Å²) in [5.41, 5.74) is 6.28. The van der Waals surface area contributed by atoms with E-state index in [9.17, 15) is 0 Å². The van der Waals surface area contributed by atoms with Gasteiger partial charge in [-0.15, -0.1) is 0 Å².